The fourth-order valence-electron chi connectivity index (χ4n) is 1.36. The number of hydrogen-bond donors (Lipinski definition) is 1. The minimum absolute atomic E-state index is 0.767. The summed E-state index contributed by atoms with van der Waals surface area (Å²) in [6.07, 6.45) is 5.38. The summed E-state index contributed by atoms with van der Waals surface area (Å²) in [6, 6.07) is 1.94. The third-order valence-corrected chi connectivity index (χ3v) is 2.08. The molecular weight excluding hydrogens is 178 g/mol. The van der Waals surface area contributed by atoms with Crippen LogP contribution >= 0.6 is 0 Å². The van der Waals surface area contributed by atoms with E-state index in [2.05, 4.69) is 10.4 Å². The number of hydrogen-bond acceptors (Lipinski definition) is 3. The fourth-order valence-corrected chi connectivity index (χ4v) is 1.36. The van der Waals surface area contributed by atoms with Crippen LogP contribution < -0.4 is 5.32 Å². The van der Waals surface area contributed by atoms with Crippen molar-refractivity contribution in [3.63, 3.8) is 0 Å². The molecule has 0 aliphatic rings. The Kier molecular flexibility index (Phi) is 2.26. The quantitative estimate of drug-likeness (QED) is 0.806. The predicted octanol–water partition coefficient (Wildman–Crippen LogP) is 1.93. The van der Waals surface area contributed by atoms with Crippen LogP contribution in [0, 0.1) is 6.92 Å². The molecule has 2 rings (SSSR count). The van der Waals surface area contributed by atoms with Crippen molar-refractivity contribution in [3.05, 3.63) is 36.0 Å². The van der Waals surface area contributed by atoms with Crippen molar-refractivity contribution in [2.75, 3.05) is 5.32 Å². The second kappa shape index (κ2) is 3.57. The van der Waals surface area contributed by atoms with E-state index in [0.717, 1.165) is 23.5 Å². The first-order valence-corrected chi connectivity index (χ1v) is 4.51. The van der Waals surface area contributed by atoms with E-state index in [0.29, 0.717) is 0 Å². The second-order valence-electron chi connectivity index (χ2n) is 3.29. The number of furan rings is 1. The molecular formula is C10H13N3O. The summed E-state index contributed by atoms with van der Waals surface area (Å²) in [7, 11) is 1.91. The lowest BCUT2D eigenvalue weighted by molar-refractivity contribution is 0.564. The van der Waals surface area contributed by atoms with Crippen LogP contribution in [0.25, 0.3) is 0 Å². The van der Waals surface area contributed by atoms with Crippen LogP contribution in [0.5, 0.6) is 0 Å². The number of aryl methyl sites for hydroxylation is 2. The van der Waals surface area contributed by atoms with E-state index in [-0.39, 0.29) is 0 Å². The zero-order valence-electron chi connectivity index (χ0n) is 8.32. The van der Waals surface area contributed by atoms with Gasteiger partial charge in [-0.2, -0.15) is 5.10 Å². The molecule has 2 heterocycles. The standard InChI is InChI=1S/C10H13N3O/c1-8-10(6-13(2)12-8)11-5-9-3-4-14-7-9/h3-4,6-7,11H,5H2,1-2H3. The highest BCUT2D eigenvalue weighted by Crippen LogP contribution is 2.12. The SMILES string of the molecule is Cc1nn(C)cc1NCc1ccoc1. The highest BCUT2D eigenvalue weighted by molar-refractivity contribution is 5.45. The number of nitrogens with zero attached hydrogens (tertiary/aromatic N) is 2. The molecule has 0 unspecified atom stereocenters. The first kappa shape index (κ1) is 8.87. The summed E-state index contributed by atoms with van der Waals surface area (Å²) in [5.41, 5.74) is 3.21. The van der Waals surface area contributed by atoms with Gasteiger partial charge in [0.1, 0.15) is 0 Å². The summed E-state index contributed by atoms with van der Waals surface area (Å²) in [5.74, 6) is 0. The Hall–Kier alpha value is -1.71. The molecule has 14 heavy (non-hydrogen) atoms. The van der Waals surface area contributed by atoms with Gasteiger partial charge < -0.3 is 9.73 Å². The molecule has 0 radical (unpaired) electrons. The monoisotopic (exact) mass is 191 g/mol. The third-order valence-electron chi connectivity index (χ3n) is 2.08. The van der Waals surface area contributed by atoms with Gasteiger partial charge in [0.05, 0.1) is 23.9 Å². The minimum atomic E-state index is 0.767. The van der Waals surface area contributed by atoms with Gasteiger partial charge in [0.15, 0.2) is 0 Å². The maximum atomic E-state index is 4.98. The molecule has 0 fully saturated rings. The fraction of sp³-hybridized carbons (Fsp3) is 0.300. The van der Waals surface area contributed by atoms with Crippen molar-refractivity contribution in [3.8, 4) is 0 Å². The molecule has 0 bridgehead atoms. The van der Waals surface area contributed by atoms with Gasteiger partial charge in [-0.3, -0.25) is 4.68 Å². The van der Waals surface area contributed by atoms with E-state index < -0.39 is 0 Å². The normalized spacial score (nSPS) is 10.4. The molecule has 0 aromatic carbocycles. The molecule has 4 nitrogen and oxygen atoms in total. The molecule has 74 valence electrons. The highest BCUT2D eigenvalue weighted by Gasteiger charge is 2.02. The van der Waals surface area contributed by atoms with Crippen LogP contribution in [-0.4, -0.2) is 9.78 Å². The zero-order valence-corrected chi connectivity index (χ0v) is 8.32. The Morgan fingerprint density at radius 1 is 1.57 bits per heavy atom. The van der Waals surface area contributed by atoms with Gasteiger partial charge in [-0.1, -0.05) is 0 Å². The first-order valence-electron chi connectivity index (χ1n) is 4.51. The molecule has 0 saturated heterocycles. The summed E-state index contributed by atoms with van der Waals surface area (Å²) in [5, 5.41) is 7.53. The van der Waals surface area contributed by atoms with Gasteiger partial charge in [0.2, 0.25) is 0 Å². The first-order chi connectivity index (χ1) is 6.75. The Morgan fingerprint density at radius 2 is 2.43 bits per heavy atom. The number of anilines is 1. The van der Waals surface area contributed by atoms with Crippen LogP contribution in [0.15, 0.2) is 29.2 Å². The maximum Gasteiger partial charge on any atom is 0.0952 e. The number of rotatable bonds is 3. The van der Waals surface area contributed by atoms with Crippen molar-refractivity contribution >= 4 is 5.69 Å². The van der Waals surface area contributed by atoms with Crippen molar-refractivity contribution in [1.82, 2.24) is 9.78 Å². The molecule has 2 aromatic rings. The van der Waals surface area contributed by atoms with Crippen LogP contribution in [-0.2, 0) is 13.6 Å². The molecule has 4 heteroatoms. The van der Waals surface area contributed by atoms with Crippen molar-refractivity contribution in [2.24, 2.45) is 7.05 Å². The van der Waals surface area contributed by atoms with Gasteiger partial charge >= 0.3 is 0 Å². The largest absolute Gasteiger partial charge is 0.472 e. The zero-order chi connectivity index (χ0) is 9.97. The van der Waals surface area contributed by atoms with Crippen LogP contribution in [0.4, 0.5) is 5.69 Å². The van der Waals surface area contributed by atoms with Gasteiger partial charge in [-0.15, -0.1) is 0 Å². The lowest BCUT2D eigenvalue weighted by Crippen LogP contribution is -1.98. The lowest BCUT2D eigenvalue weighted by Gasteiger charge is -2.01. The van der Waals surface area contributed by atoms with Gasteiger partial charge in [0.25, 0.3) is 0 Å². The summed E-state index contributed by atoms with van der Waals surface area (Å²) < 4.78 is 6.78. The molecule has 1 N–H and O–H groups in total. The van der Waals surface area contributed by atoms with Crippen molar-refractivity contribution in [1.29, 1.82) is 0 Å². The summed E-state index contributed by atoms with van der Waals surface area (Å²) in [4.78, 5) is 0. The van der Waals surface area contributed by atoms with Crippen molar-refractivity contribution in [2.45, 2.75) is 13.5 Å². The molecule has 2 aromatic heterocycles. The topological polar surface area (TPSA) is 43.0 Å². The van der Waals surface area contributed by atoms with E-state index in [9.17, 15) is 0 Å². The smallest absolute Gasteiger partial charge is 0.0952 e. The Morgan fingerprint density at radius 3 is 3.00 bits per heavy atom. The molecule has 0 spiro atoms. The predicted molar refractivity (Wildman–Crippen MR) is 54.0 cm³/mol. The van der Waals surface area contributed by atoms with E-state index in [1.165, 1.54) is 0 Å². The molecule has 0 aliphatic carbocycles. The van der Waals surface area contributed by atoms with Gasteiger partial charge in [-0.05, 0) is 13.0 Å². The van der Waals surface area contributed by atoms with Crippen LogP contribution in [0.2, 0.25) is 0 Å². The van der Waals surface area contributed by atoms with E-state index in [1.54, 1.807) is 17.2 Å². The second-order valence-corrected chi connectivity index (χ2v) is 3.29. The number of aromatic nitrogens is 2. The van der Waals surface area contributed by atoms with E-state index >= 15 is 0 Å². The highest BCUT2D eigenvalue weighted by atomic mass is 16.3. The van der Waals surface area contributed by atoms with E-state index in [1.807, 2.05) is 26.2 Å². The average Bonchev–Trinajstić information content (AvgIpc) is 2.72. The summed E-state index contributed by atoms with van der Waals surface area (Å²) >= 11 is 0. The molecule has 0 amide bonds. The van der Waals surface area contributed by atoms with Gasteiger partial charge in [0, 0.05) is 25.4 Å². The molecule has 0 atom stereocenters. The van der Waals surface area contributed by atoms with Crippen molar-refractivity contribution < 1.29 is 4.42 Å². The van der Waals surface area contributed by atoms with Crippen LogP contribution in [0.3, 0.4) is 0 Å². The lowest BCUT2D eigenvalue weighted by atomic mass is 10.3. The average molecular weight is 191 g/mol. The molecule has 0 aliphatic heterocycles. The summed E-state index contributed by atoms with van der Waals surface area (Å²) in [6.45, 7) is 2.75. The minimum Gasteiger partial charge on any atom is -0.472 e. The maximum absolute atomic E-state index is 4.98. The Labute approximate surface area is 82.5 Å². The number of nitrogens with one attached hydrogen (secondary N) is 1. The van der Waals surface area contributed by atoms with Gasteiger partial charge in [-0.25, -0.2) is 0 Å². The van der Waals surface area contributed by atoms with E-state index in [4.69, 9.17) is 4.42 Å². The Bertz CT molecular complexity index is 403. The molecule has 0 saturated carbocycles. The Balaban J connectivity index is 2.01. The van der Waals surface area contributed by atoms with Crippen LogP contribution in [0.1, 0.15) is 11.3 Å². The third kappa shape index (κ3) is 1.79.